The van der Waals surface area contributed by atoms with Crippen LogP contribution in [-0.4, -0.2) is 36.3 Å². The van der Waals surface area contributed by atoms with Crippen molar-refractivity contribution in [3.63, 3.8) is 0 Å². The van der Waals surface area contributed by atoms with Crippen molar-refractivity contribution in [3.05, 3.63) is 34.9 Å². The summed E-state index contributed by atoms with van der Waals surface area (Å²) in [6.07, 6.45) is 0.324. The van der Waals surface area contributed by atoms with Gasteiger partial charge in [0, 0.05) is 31.1 Å². The first kappa shape index (κ1) is 18.5. The van der Waals surface area contributed by atoms with Crippen molar-refractivity contribution in [2.24, 2.45) is 11.7 Å². The van der Waals surface area contributed by atoms with Gasteiger partial charge in [-0.25, -0.2) is 0 Å². The Hall–Kier alpha value is -1.59. The highest BCUT2D eigenvalue weighted by molar-refractivity contribution is 6.31. The van der Waals surface area contributed by atoms with Gasteiger partial charge < -0.3 is 11.1 Å². The molecule has 2 amide bonds. The Labute approximate surface area is 136 Å². The summed E-state index contributed by atoms with van der Waals surface area (Å²) in [4.78, 5) is 24.9. The predicted molar refractivity (Wildman–Crippen MR) is 88.4 cm³/mol. The van der Waals surface area contributed by atoms with Crippen LogP contribution >= 0.6 is 11.6 Å². The molecule has 0 radical (unpaired) electrons. The quantitative estimate of drug-likeness (QED) is 0.727. The number of nitrogens with two attached hydrogens (primary N) is 1. The van der Waals surface area contributed by atoms with Crippen LogP contribution in [0.2, 0.25) is 5.02 Å². The van der Waals surface area contributed by atoms with Crippen molar-refractivity contribution in [2.75, 3.05) is 19.6 Å². The van der Waals surface area contributed by atoms with Crippen molar-refractivity contribution >= 4 is 23.4 Å². The molecule has 0 aromatic heterocycles. The maximum absolute atomic E-state index is 11.9. The zero-order chi connectivity index (χ0) is 16.5. The van der Waals surface area contributed by atoms with Crippen molar-refractivity contribution in [1.29, 1.82) is 0 Å². The van der Waals surface area contributed by atoms with Crippen LogP contribution in [0, 0.1) is 5.92 Å². The van der Waals surface area contributed by atoms with E-state index >= 15 is 0 Å². The topological polar surface area (TPSA) is 75.4 Å². The van der Waals surface area contributed by atoms with E-state index < -0.39 is 0 Å². The molecule has 5 nitrogen and oxygen atoms in total. The molecule has 0 atom stereocenters. The summed E-state index contributed by atoms with van der Waals surface area (Å²) in [5, 5.41) is 3.47. The first-order valence-corrected chi connectivity index (χ1v) is 7.77. The van der Waals surface area contributed by atoms with Gasteiger partial charge in [-0.2, -0.15) is 0 Å². The molecule has 0 aliphatic rings. The number of hydrogen-bond donors (Lipinski definition) is 2. The fourth-order valence-corrected chi connectivity index (χ4v) is 2.36. The molecular formula is C16H24ClN3O2. The monoisotopic (exact) mass is 325 g/mol. The molecule has 1 rings (SSSR count). The number of benzene rings is 1. The van der Waals surface area contributed by atoms with Crippen LogP contribution in [0.25, 0.3) is 0 Å². The molecule has 0 aliphatic heterocycles. The van der Waals surface area contributed by atoms with Crippen molar-refractivity contribution in [2.45, 2.75) is 26.8 Å². The molecule has 0 spiro atoms. The third-order valence-electron chi connectivity index (χ3n) is 3.09. The Morgan fingerprint density at radius 1 is 1.32 bits per heavy atom. The minimum absolute atomic E-state index is 0.0712. The van der Waals surface area contributed by atoms with E-state index in [0.717, 1.165) is 12.1 Å². The van der Waals surface area contributed by atoms with Gasteiger partial charge in [-0.15, -0.1) is 0 Å². The van der Waals surface area contributed by atoms with E-state index in [1.807, 2.05) is 23.1 Å². The maximum atomic E-state index is 11.9. The first-order valence-electron chi connectivity index (χ1n) is 7.39. The summed E-state index contributed by atoms with van der Waals surface area (Å²) in [5.74, 6) is -0.0409. The normalized spacial score (nSPS) is 11.0. The minimum Gasteiger partial charge on any atom is -0.369 e. The zero-order valence-corrected chi connectivity index (χ0v) is 13.9. The van der Waals surface area contributed by atoms with Gasteiger partial charge in [-0.1, -0.05) is 43.6 Å². The largest absolute Gasteiger partial charge is 0.369 e. The summed E-state index contributed by atoms with van der Waals surface area (Å²) in [5.41, 5.74) is 6.11. The van der Waals surface area contributed by atoms with Gasteiger partial charge in [0.2, 0.25) is 11.8 Å². The van der Waals surface area contributed by atoms with Crippen LogP contribution in [0.15, 0.2) is 24.3 Å². The van der Waals surface area contributed by atoms with Gasteiger partial charge in [-0.05, 0) is 17.5 Å². The highest BCUT2D eigenvalue weighted by atomic mass is 35.5. The van der Waals surface area contributed by atoms with Crippen LogP contribution in [0.3, 0.4) is 0 Å². The average Bonchev–Trinajstić information content (AvgIpc) is 2.42. The third kappa shape index (κ3) is 7.43. The summed E-state index contributed by atoms with van der Waals surface area (Å²) in [6, 6.07) is 7.40. The third-order valence-corrected chi connectivity index (χ3v) is 3.46. The van der Waals surface area contributed by atoms with Gasteiger partial charge in [0.15, 0.2) is 0 Å². The smallest absolute Gasteiger partial charge is 0.231 e. The van der Waals surface area contributed by atoms with E-state index in [1.165, 1.54) is 0 Å². The minimum atomic E-state index is -0.378. The standard InChI is InChI=1S/C16H24ClN3O2/c1-12(2)10-20(11-15(18)21)8-7-16(22)19-9-13-5-3-4-6-14(13)17/h3-6,12H,7-11H2,1-2H3,(H2,18,21)(H,19,22). The Bertz CT molecular complexity index is 506. The van der Waals surface area contributed by atoms with Gasteiger partial charge in [0.05, 0.1) is 6.54 Å². The lowest BCUT2D eigenvalue weighted by atomic mass is 10.2. The zero-order valence-electron chi connectivity index (χ0n) is 13.1. The number of carbonyl (C=O) groups is 2. The molecule has 0 heterocycles. The molecule has 0 aliphatic carbocycles. The van der Waals surface area contributed by atoms with E-state index in [1.54, 1.807) is 6.07 Å². The lowest BCUT2D eigenvalue weighted by Crippen LogP contribution is -2.38. The molecule has 0 bridgehead atoms. The number of amides is 2. The Morgan fingerprint density at radius 3 is 2.59 bits per heavy atom. The van der Waals surface area contributed by atoms with Gasteiger partial charge >= 0.3 is 0 Å². The predicted octanol–water partition coefficient (Wildman–Crippen LogP) is 1.79. The molecule has 22 heavy (non-hydrogen) atoms. The number of nitrogens with zero attached hydrogens (tertiary/aromatic N) is 1. The van der Waals surface area contributed by atoms with E-state index in [2.05, 4.69) is 19.2 Å². The van der Waals surface area contributed by atoms with Crippen molar-refractivity contribution in [3.8, 4) is 0 Å². The number of hydrogen-bond acceptors (Lipinski definition) is 3. The van der Waals surface area contributed by atoms with Crippen LogP contribution in [0.5, 0.6) is 0 Å². The molecule has 6 heteroatoms. The fourth-order valence-electron chi connectivity index (χ4n) is 2.16. The number of carbonyl (C=O) groups excluding carboxylic acids is 2. The van der Waals surface area contributed by atoms with E-state index in [0.29, 0.717) is 30.5 Å². The number of halogens is 1. The maximum Gasteiger partial charge on any atom is 0.231 e. The van der Waals surface area contributed by atoms with Crippen molar-refractivity contribution < 1.29 is 9.59 Å². The van der Waals surface area contributed by atoms with Crippen LogP contribution < -0.4 is 11.1 Å². The van der Waals surface area contributed by atoms with Gasteiger partial charge in [0.25, 0.3) is 0 Å². The second kappa shape index (κ2) is 9.43. The van der Waals surface area contributed by atoms with Crippen LogP contribution in [0.1, 0.15) is 25.8 Å². The lowest BCUT2D eigenvalue weighted by Gasteiger charge is -2.22. The highest BCUT2D eigenvalue weighted by Crippen LogP contribution is 2.14. The SMILES string of the molecule is CC(C)CN(CCC(=O)NCc1ccccc1Cl)CC(N)=O. The molecule has 0 saturated carbocycles. The first-order chi connectivity index (χ1) is 10.4. The van der Waals surface area contributed by atoms with Crippen molar-refractivity contribution in [1.82, 2.24) is 10.2 Å². The Morgan fingerprint density at radius 2 is 2.00 bits per heavy atom. The second-order valence-corrected chi connectivity index (χ2v) is 6.12. The van der Waals surface area contributed by atoms with Crippen LogP contribution in [0.4, 0.5) is 0 Å². The van der Waals surface area contributed by atoms with Crippen LogP contribution in [-0.2, 0) is 16.1 Å². The molecule has 0 saturated heterocycles. The highest BCUT2D eigenvalue weighted by Gasteiger charge is 2.12. The molecule has 3 N–H and O–H groups in total. The molecule has 122 valence electrons. The number of primary amides is 1. The lowest BCUT2D eigenvalue weighted by molar-refractivity contribution is -0.123. The summed E-state index contributed by atoms with van der Waals surface area (Å²) < 4.78 is 0. The van der Waals surface area contributed by atoms with E-state index in [9.17, 15) is 9.59 Å². The average molecular weight is 326 g/mol. The Kier molecular flexibility index (Phi) is 7.91. The number of nitrogens with one attached hydrogen (secondary N) is 1. The molecule has 1 aromatic carbocycles. The molecular weight excluding hydrogens is 302 g/mol. The molecule has 0 fully saturated rings. The second-order valence-electron chi connectivity index (χ2n) is 5.71. The van der Waals surface area contributed by atoms with E-state index in [-0.39, 0.29) is 18.4 Å². The number of rotatable bonds is 9. The van der Waals surface area contributed by atoms with E-state index in [4.69, 9.17) is 17.3 Å². The fraction of sp³-hybridized carbons (Fsp3) is 0.500. The Balaban J connectivity index is 2.40. The molecule has 1 aromatic rings. The van der Waals surface area contributed by atoms with Gasteiger partial charge in [-0.3, -0.25) is 14.5 Å². The summed E-state index contributed by atoms with van der Waals surface area (Å²) >= 11 is 6.04. The summed E-state index contributed by atoms with van der Waals surface area (Å²) in [7, 11) is 0. The summed E-state index contributed by atoms with van der Waals surface area (Å²) in [6.45, 7) is 5.95. The van der Waals surface area contributed by atoms with Gasteiger partial charge in [0.1, 0.15) is 0 Å². The molecule has 0 unspecified atom stereocenters.